The quantitative estimate of drug-likeness (QED) is 0.690. The number of hydrogen-bond donors (Lipinski definition) is 0. The summed E-state index contributed by atoms with van der Waals surface area (Å²) in [4.78, 5) is 20.4. The molecule has 0 aliphatic carbocycles. The van der Waals surface area contributed by atoms with Crippen LogP contribution in [0.2, 0.25) is 0 Å². The number of ether oxygens (including phenoxy) is 1. The van der Waals surface area contributed by atoms with Crippen LogP contribution in [0.5, 0.6) is 11.6 Å². The fraction of sp³-hybridized carbons (Fsp3) is 0.118. The Morgan fingerprint density at radius 3 is 2.74 bits per heavy atom. The highest BCUT2D eigenvalue weighted by Gasteiger charge is 2.13. The molecule has 0 bridgehead atoms. The van der Waals surface area contributed by atoms with Gasteiger partial charge in [0.25, 0.3) is 0 Å². The van der Waals surface area contributed by atoms with Crippen molar-refractivity contribution in [2.75, 3.05) is 0 Å². The minimum atomic E-state index is -0.474. The first-order chi connectivity index (χ1) is 11.2. The third kappa shape index (κ3) is 3.98. The zero-order chi connectivity index (χ0) is 16.1. The van der Waals surface area contributed by atoms with Crippen LogP contribution in [0, 0.1) is 5.82 Å². The van der Waals surface area contributed by atoms with Gasteiger partial charge < -0.3 is 4.74 Å². The first-order valence-corrected chi connectivity index (χ1v) is 7.86. The predicted molar refractivity (Wildman–Crippen MR) is 85.2 cm³/mol. The van der Waals surface area contributed by atoms with E-state index in [1.807, 2.05) is 5.38 Å². The van der Waals surface area contributed by atoms with Crippen LogP contribution in [0.25, 0.3) is 0 Å². The van der Waals surface area contributed by atoms with E-state index in [0.29, 0.717) is 5.56 Å². The van der Waals surface area contributed by atoms with Crippen molar-refractivity contribution in [3.63, 3.8) is 0 Å². The monoisotopic (exact) mass is 328 g/mol. The third-order valence-electron chi connectivity index (χ3n) is 3.11. The first-order valence-electron chi connectivity index (χ1n) is 6.99. The normalized spacial score (nSPS) is 10.5. The molecular formula is C17H13FN2O2S. The summed E-state index contributed by atoms with van der Waals surface area (Å²) in [5.74, 6) is -0.144. The van der Waals surface area contributed by atoms with E-state index < -0.39 is 5.82 Å². The number of benzene rings is 1. The number of ketones is 1. The van der Waals surface area contributed by atoms with Crippen LogP contribution in [-0.2, 0) is 17.6 Å². The Morgan fingerprint density at radius 1 is 1.09 bits per heavy atom. The Labute approximate surface area is 136 Å². The van der Waals surface area contributed by atoms with Crippen molar-refractivity contribution in [3.8, 4) is 11.6 Å². The number of para-hydroxylation sites is 1. The Hall–Kier alpha value is -2.60. The van der Waals surface area contributed by atoms with Gasteiger partial charge in [0.2, 0.25) is 5.88 Å². The summed E-state index contributed by atoms with van der Waals surface area (Å²) in [6.07, 6.45) is 3.65. The van der Waals surface area contributed by atoms with Gasteiger partial charge in [0.05, 0.1) is 11.4 Å². The Bertz CT molecular complexity index is 806. The Balaban J connectivity index is 1.75. The Kier molecular flexibility index (Phi) is 4.73. The second-order valence-electron chi connectivity index (χ2n) is 4.82. The number of pyridine rings is 1. The minimum Gasteiger partial charge on any atom is -0.436 e. The second kappa shape index (κ2) is 7.11. The number of rotatable bonds is 6. The number of hydrogen-bond acceptors (Lipinski definition) is 5. The molecule has 0 amide bonds. The average Bonchev–Trinajstić information content (AvgIpc) is 3.04. The van der Waals surface area contributed by atoms with Crippen molar-refractivity contribution in [1.82, 2.24) is 9.97 Å². The van der Waals surface area contributed by atoms with Gasteiger partial charge in [-0.1, -0.05) is 18.2 Å². The molecule has 1 aromatic carbocycles. The number of halogens is 1. The summed E-state index contributed by atoms with van der Waals surface area (Å²) in [7, 11) is 0. The van der Waals surface area contributed by atoms with E-state index in [4.69, 9.17) is 4.74 Å². The van der Waals surface area contributed by atoms with Crippen LogP contribution in [-0.4, -0.2) is 15.8 Å². The third-order valence-corrected chi connectivity index (χ3v) is 3.89. The summed E-state index contributed by atoms with van der Waals surface area (Å²) in [5, 5.41) is 2.61. The number of thiazole rings is 1. The molecule has 2 aromatic heterocycles. The molecule has 116 valence electrons. The van der Waals surface area contributed by atoms with Crippen molar-refractivity contribution in [2.45, 2.75) is 12.8 Å². The van der Waals surface area contributed by atoms with Gasteiger partial charge in [-0.15, -0.1) is 11.3 Å². The number of carbonyl (C=O) groups is 1. The molecule has 3 aromatic rings. The average molecular weight is 328 g/mol. The fourth-order valence-corrected chi connectivity index (χ4v) is 2.71. The van der Waals surface area contributed by atoms with Crippen LogP contribution in [0.1, 0.15) is 10.6 Å². The summed E-state index contributed by atoms with van der Waals surface area (Å²) in [5.41, 5.74) is 0.623. The molecule has 0 spiro atoms. The second-order valence-corrected chi connectivity index (χ2v) is 5.80. The molecule has 0 atom stereocenters. The SMILES string of the molecule is O=C(Cc1nccs1)Cc1cccnc1Oc1ccccc1F. The molecule has 0 aliphatic heterocycles. The van der Waals surface area contributed by atoms with E-state index >= 15 is 0 Å². The number of aromatic nitrogens is 2. The highest BCUT2D eigenvalue weighted by Crippen LogP contribution is 2.25. The summed E-state index contributed by atoms with van der Waals surface area (Å²) in [6, 6.07) is 9.56. The first kappa shape index (κ1) is 15.3. The fourth-order valence-electron chi connectivity index (χ4n) is 2.07. The molecule has 0 fully saturated rings. The van der Waals surface area contributed by atoms with Gasteiger partial charge in [-0.05, 0) is 18.2 Å². The van der Waals surface area contributed by atoms with E-state index in [2.05, 4.69) is 9.97 Å². The summed E-state index contributed by atoms with van der Waals surface area (Å²) >= 11 is 1.44. The lowest BCUT2D eigenvalue weighted by Crippen LogP contribution is -2.08. The molecule has 0 saturated carbocycles. The lowest BCUT2D eigenvalue weighted by molar-refractivity contribution is -0.117. The van der Waals surface area contributed by atoms with Crippen LogP contribution >= 0.6 is 11.3 Å². The summed E-state index contributed by atoms with van der Waals surface area (Å²) < 4.78 is 19.2. The minimum absolute atomic E-state index is 0.00586. The molecule has 4 nitrogen and oxygen atoms in total. The molecule has 0 aliphatic rings. The highest BCUT2D eigenvalue weighted by molar-refractivity contribution is 7.09. The molecule has 6 heteroatoms. The van der Waals surface area contributed by atoms with Gasteiger partial charge in [0.15, 0.2) is 11.6 Å². The van der Waals surface area contributed by atoms with Crippen molar-refractivity contribution in [2.24, 2.45) is 0 Å². The van der Waals surface area contributed by atoms with Gasteiger partial charge in [-0.3, -0.25) is 4.79 Å². The number of carbonyl (C=O) groups excluding carboxylic acids is 1. The maximum atomic E-state index is 13.7. The smallest absolute Gasteiger partial charge is 0.222 e. The maximum Gasteiger partial charge on any atom is 0.222 e. The number of nitrogens with zero attached hydrogens (tertiary/aromatic N) is 2. The lowest BCUT2D eigenvalue weighted by atomic mass is 10.1. The zero-order valence-corrected chi connectivity index (χ0v) is 12.9. The van der Waals surface area contributed by atoms with Crippen molar-refractivity contribution < 1.29 is 13.9 Å². The van der Waals surface area contributed by atoms with Crippen LogP contribution in [0.3, 0.4) is 0 Å². The van der Waals surface area contributed by atoms with Gasteiger partial charge in [-0.25, -0.2) is 14.4 Å². The molecule has 0 radical (unpaired) electrons. The topological polar surface area (TPSA) is 52.1 Å². The lowest BCUT2D eigenvalue weighted by Gasteiger charge is -2.09. The van der Waals surface area contributed by atoms with E-state index in [0.717, 1.165) is 5.01 Å². The van der Waals surface area contributed by atoms with Crippen LogP contribution < -0.4 is 4.74 Å². The highest BCUT2D eigenvalue weighted by atomic mass is 32.1. The van der Waals surface area contributed by atoms with Crippen molar-refractivity contribution in [1.29, 1.82) is 0 Å². The molecule has 0 saturated heterocycles. The molecule has 0 unspecified atom stereocenters. The zero-order valence-electron chi connectivity index (χ0n) is 12.1. The van der Waals surface area contributed by atoms with Crippen LogP contribution in [0.15, 0.2) is 54.2 Å². The van der Waals surface area contributed by atoms with Crippen molar-refractivity contribution >= 4 is 17.1 Å². The summed E-state index contributed by atoms with van der Waals surface area (Å²) in [6.45, 7) is 0. The van der Waals surface area contributed by atoms with Crippen LogP contribution in [0.4, 0.5) is 4.39 Å². The molecule has 2 heterocycles. The maximum absolute atomic E-state index is 13.7. The molecule has 0 N–H and O–H groups in total. The Morgan fingerprint density at radius 2 is 1.96 bits per heavy atom. The van der Waals surface area contributed by atoms with E-state index in [1.54, 1.807) is 36.7 Å². The van der Waals surface area contributed by atoms with Gasteiger partial charge >= 0.3 is 0 Å². The van der Waals surface area contributed by atoms with Gasteiger partial charge in [0, 0.05) is 29.8 Å². The van der Waals surface area contributed by atoms with Crippen molar-refractivity contribution in [3.05, 3.63) is 70.6 Å². The standard InChI is InChI=1S/C17H13FN2O2S/c18-14-5-1-2-6-15(14)22-17-12(4-3-7-20-17)10-13(21)11-16-19-8-9-23-16/h1-9H,10-11H2. The predicted octanol–water partition coefficient (Wildman–Crippen LogP) is 3.82. The van der Waals surface area contributed by atoms with Gasteiger partial charge in [-0.2, -0.15) is 0 Å². The van der Waals surface area contributed by atoms with Gasteiger partial charge in [0.1, 0.15) is 5.78 Å². The molecule has 23 heavy (non-hydrogen) atoms. The number of Topliss-reactive ketones (excluding diaryl/α,β-unsaturated/α-hetero) is 1. The van der Waals surface area contributed by atoms with E-state index in [9.17, 15) is 9.18 Å². The van der Waals surface area contributed by atoms with E-state index in [-0.39, 0.29) is 30.3 Å². The molecular weight excluding hydrogens is 315 g/mol. The largest absolute Gasteiger partial charge is 0.436 e. The molecule has 3 rings (SSSR count). The van der Waals surface area contributed by atoms with E-state index in [1.165, 1.54) is 23.5 Å².